The Morgan fingerprint density at radius 3 is 1.89 bits per heavy atom. The molecule has 0 bridgehead atoms. The van der Waals surface area contributed by atoms with Crippen molar-refractivity contribution >= 4 is 23.7 Å². The largest absolute Gasteiger partial charge is 0.534 e. The highest BCUT2D eigenvalue weighted by Gasteiger charge is 2.33. The molecule has 0 saturated carbocycles. The van der Waals surface area contributed by atoms with Gasteiger partial charge >= 0.3 is 6.16 Å². The maximum atomic E-state index is 12.3. The van der Waals surface area contributed by atoms with Gasteiger partial charge in [0.2, 0.25) is 0 Å². The van der Waals surface area contributed by atoms with Crippen molar-refractivity contribution in [1.29, 1.82) is 0 Å². The molecular formula is C49H44N2O12. The third kappa shape index (κ3) is 15.2. The van der Waals surface area contributed by atoms with Crippen LogP contribution in [-0.2, 0) is 45.6 Å². The molecule has 14 nitrogen and oxygen atoms in total. The first kappa shape index (κ1) is 46.0. The molecule has 1 saturated heterocycles. The van der Waals surface area contributed by atoms with E-state index in [0.717, 1.165) is 47.3 Å². The van der Waals surface area contributed by atoms with E-state index in [1.807, 2.05) is 44.2 Å². The van der Waals surface area contributed by atoms with E-state index in [0.29, 0.717) is 34.5 Å². The Balaban J connectivity index is 1.32. The molecule has 0 atom stereocenters. The van der Waals surface area contributed by atoms with E-state index >= 15 is 0 Å². The van der Waals surface area contributed by atoms with Crippen molar-refractivity contribution < 1.29 is 52.6 Å². The minimum absolute atomic E-state index is 0.0214. The quantitative estimate of drug-likeness (QED) is 0.0208. The van der Waals surface area contributed by atoms with Gasteiger partial charge < -0.3 is 28.4 Å². The molecule has 322 valence electrons. The summed E-state index contributed by atoms with van der Waals surface area (Å²) in [7, 11) is 0. The van der Waals surface area contributed by atoms with Crippen LogP contribution < -0.4 is 23.7 Å². The molecule has 1 fully saturated rings. The third-order valence-corrected chi connectivity index (χ3v) is 8.95. The number of nitro groups is 1. The number of hydrogen-bond donors (Lipinski definition) is 0. The number of nitro benzene ring substituents is 1. The zero-order chi connectivity index (χ0) is 45.0. The normalized spacial score (nSPS) is 11.4. The molecule has 4 aromatic carbocycles. The molecule has 0 unspecified atom stereocenters. The number of carbonyl (C=O) groups excluding carboxylic acids is 3. The van der Waals surface area contributed by atoms with Gasteiger partial charge in [-0.05, 0) is 114 Å². The Kier molecular flexibility index (Phi) is 17.3. The summed E-state index contributed by atoms with van der Waals surface area (Å²) >= 11 is 0. The van der Waals surface area contributed by atoms with E-state index in [1.54, 1.807) is 24.3 Å². The van der Waals surface area contributed by atoms with Gasteiger partial charge in [-0.3, -0.25) is 24.5 Å². The van der Waals surface area contributed by atoms with Crippen LogP contribution >= 0.6 is 0 Å². The fraction of sp³-hybridized carbons (Fsp3) is 0.286. The van der Waals surface area contributed by atoms with Gasteiger partial charge in [0.1, 0.15) is 61.3 Å². The molecular weight excluding hydrogens is 809 g/mol. The number of terminal acetylenes is 1. The second-order valence-electron chi connectivity index (χ2n) is 14.1. The lowest BCUT2D eigenvalue weighted by Crippen LogP contribution is -2.32. The molecule has 1 aliphatic heterocycles. The lowest BCUT2D eigenvalue weighted by Gasteiger charge is -2.15. The highest BCUT2D eigenvalue weighted by molar-refractivity contribution is 6.01. The van der Waals surface area contributed by atoms with Gasteiger partial charge in [-0.2, -0.15) is 0 Å². The number of aryl methyl sites for hydroxylation is 2. The van der Waals surface area contributed by atoms with Crippen LogP contribution in [0.15, 0.2) is 72.8 Å². The number of rotatable bonds is 20. The average Bonchev–Trinajstić information content (AvgIpc) is 3.57. The summed E-state index contributed by atoms with van der Waals surface area (Å²) in [5.41, 5.74) is 3.91. The highest BCUT2D eigenvalue weighted by atomic mass is 16.8. The van der Waals surface area contributed by atoms with Crippen molar-refractivity contribution in [3.63, 3.8) is 0 Å². The van der Waals surface area contributed by atoms with E-state index < -0.39 is 29.5 Å². The first-order valence-corrected chi connectivity index (χ1v) is 20.0. The van der Waals surface area contributed by atoms with E-state index in [4.69, 9.17) is 39.7 Å². The summed E-state index contributed by atoms with van der Waals surface area (Å²) in [5, 5.41) is 12.1. The second-order valence-corrected chi connectivity index (χ2v) is 14.1. The van der Waals surface area contributed by atoms with Crippen LogP contribution in [0.5, 0.6) is 28.7 Å². The second kappa shape index (κ2) is 23.6. The number of benzene rings is 4. The van der Waals surface area contributed by atoms with Gasteiger partial charge in [0, 0.05) is 42.7 Å². The van der Waals surface area contributed by atoms with Crippen molar-refractivity contribution in [3.8, 4) is 76.8 Å². The summed E-state index contributed by atoms with van der Waals surface area (Å²) in [6.45, 7) is 6.46. The summed E-state index contributed by atoms with van der Waals surface area (Å²) in [4.78, 5) is 51.8. The number of hydrogen-bond acceptors (Lipinski definition) is 12. The Morgan fingerprint density at radius 1 is 0.683 bits per heavy atom. The summed E-state index contributed by atoms with van der Waals surface area (Å²) in [5.74, 6) is 15.7. The summed E-state index contributed by atoms with van der Waals surface area (Å²) in [6.07, 6.45) is 10.4. The average molecular weight is 853 g/mol. The molecule has 2 amide bonds. The topological polar surface area (TPSA) is 162 Å². The van der Waals surface area contributed by atoms with Crippen LogP contribution in [0.2, 0.25) is 0 Å². The summed E-state index contributed by atoms with van der Waals surface area (Å²) in [6, 6.07) is 20.8. The van der Waals surface area contributed by atoms with Crippen LogP contribution in [0.3, 0.4) is 0 Å². The van der Waals surface area contributed by atoms with Crippen LogP contribution in [0, 0.1) is 72.0 Å². The third-order valence-electron chi connectivity index (χ3n) is 8.95. The van der Waals surface area contributed by atoms with E-state index in [2.05, 4.69) is 48.6 Å². The molecule has 0 N–H and O–H groups in total. The van der Waals surface area contributed by atoms with Crippen LogP contribution in [0.1, 0.15) is 78.8 Å². The molecule has 14 heteroatoms. The fourth-order valence-corrected chi connectivity index (χ4v) is 6.14. The molecule has 0 aromatic heterocycles. The first-order chi connectivity index (χ1) is 30.5. The summed E-state index contributed by atoms with van der Waals surface area (Å²) < 4.78 is 35.3. The zero-order valence-electron chi connectivity index (χ0n) is 35.1. The molecule has 1 heterocycles. The number of unbranched alkanes of at least 4 members (excludes halogenated alkanes) is 3. The number of nitrogens with zero attached hydrogens (tertiary/aromatic N) is 2. The standard InChI is InChI=1S/C49H44N2O12/c1-5-7-9-11-12-14-20-58-43-24-36(4)22-38(26-43)32-61-45-28-39(27-44(30-45)60-31-37-21-35(3)23-42(25-37)57-19-13-10-8-6-2)33-59-41-15-16-46(51(55)56)40(29-41)34-62-49(54)63-50-47(52)17-18-48(50)53/h1,15-16,21-30H,6,8,10,13,17-19,31-34H2,2-4H3. The van der Waals surface area contributed by atoms with Gasteiger partial charge in [0.05, 0.1) is 17.1 Å². The number of hydroxylamine groups is 2. The van der Waals surface area contributed by atoms with Crippen molar-refractivity contribution in [2.75, 3.05) is 6.61 Å². The molecule has 63 heavy (non-hydrogen) atoms. The monoisotopic (exact) mass is 852 g/mol. The van der Waals surface area contributed by atoms with E-state index in [9.17, 15) is 24.5 Å². The minimum Gasteiger partial charge on any atom is -0.494 e. The highest BCUT2D eigenvalue weighted by Crippen LogP contribution is 2.30. The van der Waals surface area contributed by atoms with Crippen molar-refractivity contribution in [1.82, 2.24) is 5.06 Å². The van der Waals surface area contributed by atoms with Crippen molar-refractivity contribution in [3.05, 3.63) is 116 Å². The van der Waals surface area contributed by atoms with Crippen LogP contribution in [-0.4, -0.2) is 34.6 Å². The first-order valence-electron chi connectivity index (χ1n) is 20.0. The van der Waals surface area contributed by atoms with Gasteiger partial charge in [-0.1, -0.05) is 43.4 Å². The minimum atomic E-state index is -1.38. The van der Waals surface area contributed by atoms with Crippen molar-refractivity contribution in [2.45, 2.75) is 85.7 Å². The SMILES string of the molecule is C#CC#CC#CC#COc1cc(C)cc(COc2cc(COc3ccc([N+](=O)[O-])c(COC(=O)ON4C(=O)CCC4=O)c3)cc(OCc3cc(C)cc(OCCCCCC)c3)c2)c1. The van der Waals surface area contributed by atoms with Crippen molar-refractivity contribution in [2.24, 2.45) is 0 Å². The predicted octanol–water partition coefficient (Wildman–Crippen LogP) is 8.60. The number of amides is 2. The lowest BCUT2D eigenvalue weighted by atomic mass is 10.1. The van der Waals surface area contributed by atoms with Crippen LogP contribution in [0.25, 0.3) is 0 Å². The molecule has 1 aliphatic rings. The maximum Gasteiger partial charge on any atom is 0.534 e. The Bertz CT molecular complexity index is 2540. The van der Waals surface area contributed by atoms with E-state index in [-0.39, 0.29) is 49.7 Å². The Morgan fingerprint density at radius 2 is 1.25 bits per heavy atom. The number of ether oxygens (including phenoxy) is 6. The maximum absolute atomic E-state index is 12.3. The molecule has 0 spiro atoms. The van der Waals surface area contributed by atoms with Gasteiger partial charge in [0.15, 0.2) is 0 Å². The molecule has 5 rings (SSSR count). The zero-order valence-corrected chi connectivity index (χ0v) is 35.1. The Hall–Kier alpha value is -8.07. The van der Waals surface area contributed by atoms with Gasteiger partial charge in [-0.25, -0.2) is 4.79 Å². The molecule has 4 aromatic rings. The molecule has 0 radical (unpaired) electrons. The van der Waals surface area contributed by atoms with Gasteiger partial charge in [-0.15, -0.1) is 6.42 Å². The number of imide groups is 1. The van der Waals surface area contributed by atoms with Crippen LogP contribution in [0.4, 0.5) is 10.5 Å². The van der Waals surface area contributed by atoms with E-state index in [1.165, 1.54) is 24.6 Å². The lowest BCUT2D eigenvalue weighted by molar-refractivity contribution is -0.385. The predicted molar refractivity (Wildman–Crippen MR) is 230 cm³/mol. The Labute approximate surface area is 365 Å². The fourth-order valence-electron chi connectivity index (χ4n) is 6.14. The smallest absolute Gasteiger partial charge is 0.494 e. The van der Waals surface area contributed by atoms with Gasteiger partial charge in [0.25, 0.3) is 17.5 Å². The molecule has 0 aliphatic carbocycles. The number of carbonyl (C=O) groups is 3.